The van der Waals surface area contributed by atoms with Crippen LogP contribution in [0.5, 0.6) is 0 Å². The normalized spacial score (nSPS) is 16.1. The summed E-state index contributed by atoms with van der Waals surface area (Å²) in [4.78, 5) is 29.7. The van der Waals surface area contributed by atoms with Gasteiger partial charge in [-0.3, -0.25) is 14.5 Å². The molecule has 2 amide bonds. The van der Waals surface area contributed by atoms with Gasteiger partial charge >= 0.3 is 0 Å². The summed E-state index contributed by atoms with van der Waals surface area (Å²) in [5, 5.41) is 13.5. The van der Waals surface area contributed by atoms with Gasteiger partial charge in [-0.2, -0.15) is 5.26 Å². The van der Waals surface area contributed by atoms with Gasteiger partial charge in [0.25, 0.3) is 5.91 Å². The lowest BCUT2D eigenvalue weighted by Gasteiger charge is -2.25. The molecule has 0 radical (unpaired) electrons. The number of nitriles is 1. The molecule has 1 aliphatic rings. The maximum atomic E-state index is 12.8. The van der Waals surface area contributed by atoms with Gasteiger partial charge in [0.2, 0.25) is 5.91 Å². The quantitative estimate of drug-likeness (QED) is 0.842. The summed E-state index contributed by atoms with van der Waals surface area (Å²) in [6.07, 6.45) is 0.896. The Balaban J connectivity index is 1.51. The third kappa shape index (κ3) is 5.18. The van der Waals surface area contributed by atoms with Gasteiger partial charge in [0.15, 0.2) is 0 Å². The van der Waals surface area contributed by atoms with Gasteiger partial charge < -0.3 is 10.2 Å². The summed E-state index contributed by atoms with van der Waals surface area (Å²) < 4.78 is 0. The number of carbonyl (C=O) groups excluding carboxylic acids is 2. The van der Waals surface area contributed by atoms with Gasteiger partial charge in [-0.05, 0) is 42.5 Å². The first kappa shape index (κ1) is 20.1. The summed E-state index contributed by atoms with van der Waals surface area (Å²) in [5.74, 6) is -0.238. The van der Waals surface area contributed by atoms with E-state index in [1.807, 2.05) is 40.6 Å². The van der Waals surface area contributed by atoms with Crippen LogP contribution < -0.4 is 5.32 Å². The van der Waals surface area contributed by atoms with Crippen molar-refractivity contribution in [1.82, 2.24) is 15.1 Å². The number of hydrogen-bond donors (Lipinski definition) is 1. The number of amides is 2. The van der Waals surface area contributed by atoms with Crippen LogP contribution in [0.4, 0.5) is 0 Å². The maximum absolute atomic E-state index is 12.8. The Morgan fingerprint density at radius 1 is 1.18 bits per heavy atom. The lowest BCUT2D eigenvalue weighted by Crippen LogP contribution is -2.47. The average Bonchev–Trinajstić information content (AvgIpc) is 3.15. The molecule has 2 heterocycles. The monoisotopic (exact) mass is 396 g/mol. The smallest absolute Gasteiger partial charge is 0.261 e. The molecule has 0 bridgehead atoms. The standard InChI is InChI=1S/C21H24N4O2S/c1-16(23-20(26)19-4-2-13-28-19)21(27)25-10-3-9-24(11-12-25)15-18-7-5-17(14-22)6-8-18/h2,4-8,13,16H,3,9-12,15H2,1H3,(H,23,26). The minimum Gasteiger partial charge on any atom is -0.340 e. The number of nitrogens with one attached hydrogen (secondary N) is 1. The first-order valence-corrected chi connectivity index (χ1v) is 10.3. The van der Waals surface area contributed by atoms with Crippen molar-refractivity contribution in [2.75, 3.05) is 26.2 Å². The fourth-order valence-corrected chi connectivity index (χ4v) is 3.93. The maximum Gasteiger partial charge on any atom is 0.261 e. The van der Waals surface area contributed by atoms with Crippen molar-refractivity contribution < 1.29 is 9.59 Å². The van der Waals surface area contributed by atoms with Crippen LogP contribution in [0.1, 0.15) is 34.1 Å². The molecule has 1 aromatic carbocycles. The van der Waals surface area contributed by atoms with Crippen molar-refractivity contribution in [2.24, 2.45) is 0 Å². The zero-order chi connectivity index (χ0) is 19.9. The zero-order valence-corrected chi connectivity index (χ0v) is 16.7. The van der Waals surface area contributed by atoms with E-state index in [1.165, 1.54) is 11.3 Å². The molecule has 0 aliphatic carbocycles. The van der Waals surface area contributed by atoms with Gasteiger partial charge in [-0.1, -0.05) is 18.2 Å². The van der Waals surface area contributed by atoms with Gasteiger partial charge in [-0.15, -0.1) is 11.3 Å². The van der Waals surface area contributed by atoms with Crippen LogP contribution in [0.25, 0.3) is 0 Å². The number of benzene rings is 1. The van der Waals surface area contributed by atoms with Crippen molar-refractivity contribution in [3.8, 4) is 6.07 Å². The van der Waals surface area contributed by atoms with E-state index in [1.54, 1.807) is 13.0 Å². The lowest BCUT2D eigenvalue weighted by molar-refractivity contribution is -0.132. The van der Waals surface area contributed by atoms with Gasteiger partial charge in [0.05, 0.1) is 16.5 Å². The highest BCUT2D eigenvalue weighted by Gasteiger charge is 2.25. The number of nitrogens with zero attached hydrogens (tertiary/aromatic N) is 3. The van der Waals surface area contributed by atoms with Crippen LogP contribution in [-0.4, -0.2) is 53.8 Å². The van der Waals surface area contributed by atoms with Gasteiger partial charge in [0.1, 0.15) is 6.04 Å². The van der Waals surface area contributed by atoms with E-state index in [0.29, 0.717) is 23.5 Å². The second-order valence-corrected chi connectivity index (χ2v) is 7.88. The Morgan fingerprint density at radius 3 is 2.64 bits per heavy atom. The second-order valence-electron chi connectivity index (χ2n) is 6.94. The largest absolute Gasteiger partial charge is 0.340 e. The molecule has 1 unspecified atom stereocenters. The number of carbonyl (C=O) groups is 2. The fourth-order valence-electron chi connectivity index (χ4n) is 3.30. The molecule has 146 valence electrons. The van der Waals surface area contributed by atoms with E-state index in [9.17, 15) is 9.59 Å². The molecule has 7 heteroatoms. The third-order valence-electron chi connectivity index (χ3n) is 4.85. The predicted molar refractivity (Wildman–Crippen MR) is 109 cm³/mol. The Morgan fingerprint density at radius 2 is 1.96 bits per heavy atom. The van der Waals surface area contributed by atoms with E-state index in [2.05, 4.69) is 16.3 Å². The number of hydrogen-bond acceptors (Lipinski definition) is 5. The molecule has 0 saturated carbocycles. The second kappa shape index (κ2) is 9.49. The molecule has 1 aromatic heterocycles. The predicted octanol–water partition coefficient (Wildman–Crippen LogP) is 2.47. The number of rotatable bonds is 5. The molecule has 1 fully saturated rings. The highest BCUT2D eigenvalue weighted by Crippen LogP contribution is 2.12. The minimum atomic E-state index is -0.542. The minimum absolute atomic E-state index is 0.0369. The van der Waals surface area contributed by atoms with Crippen LogP contribution in [0.3, 0.4) is 0 Å². The summed E-state index contributed by atoms with van der Waals surface area (Å²) in [7, 11) is 0. The topological polar surface area (TPSA) is 76.4 Å². The molecule has 28 heavy (non-hydrogen) atoms. The average molecular weight is 397 g/mol. The zero-order valence-electron chi connectivity index (χ0n) is 15.9. The SMILES string of the molecule is CC(NC(=O)c1cccs1)C(=O)N1CCCN(Cc2ccc(C#N)cc2)CC1. The summed E-state index contributed by atoms with van der Waals surface area (Å²) in [5.41, 5.74) is 1.82. The molecule has 1 saturated heterocycles. The fraction of sp³-hybridized carbons (Fsp3) is 0.381. The molecule has 1 aliphatic heterocycles. The van der Waals surface area contributed by atoms with Gasteiger partial charge in [-0.25, -0.2) is 0 Å². The Bertz CT molecular complexity index is 842. The molecule has 2 aromatic rings. The van der Waals surface area contributed by atoms with Crippen LogP contribution in [0.15, 0.2) is 41.8 Å². The number of thiophene rings is 1. The first-order chi connectivity index (χ1) is 13.6. The highest BCUT2D eigenvalue weighted by molar-refractivity contribution is 7.12. The molecular weight excluding hydrogens is 372 g/mol. The van der Waals surface area contributed by atoms with Crippen molar-refractivity contribution in [1.29, 1.82) is 5.26 Å². The van der Waals surface area contributed by atoms with Crippen molar-refractivity contribution in [3.05, 3.63) is 57.8 Å². The third-order valence-corrected chi connectivity index (χ3v) is 5.72. The lowest BCUT2D eigenvalue weighted by atomic mass is 10.1. The van der Waals surface area contributed by atoms with E-state index in [4.69, 9.17) is 5.26 Å². The van der Waals surface area contributed by atoms with E-state index >= 15 is 0 Å². The van der Waals surface area contributed by atoms with Crippen LogP contribution in [0.2, 0.25) is 0 Å². The summed E-state index contributed by atoms with van der Waals surface area (Å²) in [6, 6.07) is 12.8. The van der Waals surface area contributed by atoms with Crippen LogP contribution in [-0.2, 0) is 11.3 Å². The van der Waals surface area contributed by atoms with Crippen molar-refractivity contribution in [2.45, 2.75) is 25.9 Å². The van der Waals surface area contributed by atoms with E-state index in [-0.39, 0.29) is 11.8 Å². The van der Waals surface area contributed by atoms with E-state index in [0.717, 1.165) is 31.6 Å². The molecule has 0 spiro atoms. The molecule has 1 atom stereocenters. The first-order valence-electron chi connectivity index (χ1n) is 9.41. The summed E-state index contributed by atoms with van der Waals surface area (Å²) >= 11 is 1.37. The molecule has 3 rings (SSSR count). The van der Waals surface area contributed by atoms with Crippen LogP contribution >= 0.6 is 11.3 Å². The molecule has 1 N–H and O–H groups in total. The highest BCUT2D eigenvalue weighted by atomic mass is 32.1. The summed E-state index contributed by atoms with van der Waals surface area (Å²) in [6.45, 7) is 5.60. The van der Waals surface area contributed by atoms with E-state index < -0.39 is 6.04 Å². The molecular formula is C21H24N4O2S. The van der Waals surface area contributed by atoms with Crippen LogP contribution in [0, 0.1) is 11.3 Å². The molecule has 6 nitrogen and oxygen atoms in total. The Kier molecular flexibility index (Phi) is 6.80. The Labute approximate surface area is 169 Å². The van der Waals surface area contributed by atoms with Gasteiger partial charge in [0, 0.05) is 32.7 Å². The van der Waals surface area contributed by atoms with Crippen molar-refractivity contribution in [3.63, 3.8) is 0 Å². The Hall–Kier alpha value is -2.69. The van der Waals surface area contributed by atoms with Crippen molar-refractivity contribution >= 4 is 23.2 Å².